The van der Waals surface area contributed by atoms with Gasteiger partial charge in [0.2, 0.25) is 5.56 Å². The summed E-state index contributed by atoms with van der Waals surface area (Å²) in [7, 11) is 0. The van der Waals surface area contributed by atoms with Gasteiger partial charge in [-0.3, -0.25) is 4.79 Å². The third-order valence-electron chi connectivity index (χ3n) is 3.38. The molecule has 0 aliphatic heterocycles. The first-order chi connectivity index (χ1) is 9.19. The Morgan fingerprint density at radius 2 is 2.11 bits per heavy atom. The molecule has 1 aromatic carbocycles. The van der Waals surface area contributed by atoms with Gasteiger partial charge < -0.3 is 4.98 Å². The molecule has 3 nitrogen and oxygen atoms in total. The highest BCUT2D eigenvalue weighted by Gasteiger charge is 2.23. The van der Waals surface area contributed by atoms with Crippen LogP contribution in [0.2, 0.25) is 0 Å². The lowest BCUT2D eigenvalue weighted by molar-refractivity contribution is 1.07. The minimum atomic E-state index is -0.240. The summed E-state index contributed by atoms with van der Waals surface area (Å²) in [5.74, 6) is 0.642. The lowest BCUT2D eigenvalue weighted by Crippen LogP contribution is -2.07. The summed E-state index contributed by atoms with van der Waals surface area (Å²) in [5, 5.41) is 9.54. The van der Waals surface area contributed by atoms with Crippen LogP contribution in [0.4, 0.5) is 0 Å². The van der Waals surface area contributed by atoms with Crippen LogP contribution in [-0.4, -0.2) is 4.98 Å². The van der Waals surface area contributed by atoms with Crippen LogP contribution in [-0.2, 0) is 0 Å². The predicted octanol–water partition coefficient (Wildman–Crippen LogP) is 3.08. The van der Waals surface area contributed by atoms with Crippen LogP contribution in [0.25, 0.3) is 11.1 Å². The summed E-state index contributed by atoms with van der Waals surface area (Å²) in [5.41, 5.74) is 3.01. The molecule has 0 amide bonds. The number of benzene rings is 1. The number of thiol groups is 1. The van der Waals surface area contributed by atoms with Gasteiger partial charge in [0.1, 0.15) is 6.07 Å². The Labute approximate surface area is 116 Å². The number of H-pyrrole nitrogens is 1. The average Bonchev–Trinajstić information content (AvgIpc) is 3.22. The van der Waals surface area contributed by atoms with E-state index in [-0.39, 0.29) is 5.56 Å². The molecule has 3 rings (SSSR count). The minimum Gasteiger partial charge on any atom is -0.316 e. The maximum atomic E-state index is 11.6. The Hall–Kier alpha value is -1.99. The summed E-state index contributed by atoms with van der Waals surface area (Å²) in [6.45, 7) is 0. The summed E-state index contributed by atoms with van der Waals surface area (Å²) >= 11 is 4.17. The van der Waals surface area contributed by atoms with Crippen molar-refractivity contribution >= 4 is 12.6 Å². The summed E-state index contributed by atoms with van der Waals surface area (Å²) in [6, 6.07) is 11.6. The van der Waals surface area contributed by atoms with E-state index in [2.05, 4.69) is 35.8 Å². The standard InChI is InChI=1S/C15H12N2OS/c16-8-13-12(7-14(18)17-15(13)19)11-3-1-2-10(6-11)9-4-5-9/h1-3,6-7,9H,4-5H2,(H2,17,18,19). The lowest BCUT2D eigenvalue weighted by atomic mass is 9.99. The Bertz CT molecular complexity index is 739. The van der Waals surface area contributed by atoms with Crippen LogP contribution in [0.5, 0.6) is 0 Å². The molecule has 0 saturated heterocycles. The van der Waals surface area contributed by atoms with Gasteiger partial charge in [0, 0.05) is 11.6 Å². The first kappa shape index (κ1) is 12.1. The van der Waals surface area contributed by atoms with E-state index in [1.807, 2.05) is 12.1 Å². The van der Waals surface area contributed by atoms with Gasteiger partial charge in [0.25, 0.3) is 0 Å². The van der Waals surface area contributed by atoms with E-state index in [4.69, 9.17) is 0 Å². The molecular weight excluding hydrogens is 256 g/mol. The van der Waals surface area contributed by atoms with E-state index in [1.165, 1.54) is 24.5 Å². The molecule has 1 fully saturated rings. The number of aromatic amines is 1. The SMILES string of the molecule is N#Cc1c(-c2cccc(C3CC3)c2)cc(=O)[nH]c1S. The van der Waals surface area contributed by atoms with Gasteiger partial charge in [-0.15, -0.1) is 12.6 Å². The highest BCUT2D eigenvalue weighted by atomic mass is 32.1. The molecule has 1 N–H and O–H groups in total. The molecule has 4 heteroatoms. The van der Waals surface area contributed by atoms with Crippen LogP contribution in [0, 0.1) is 11.3 Å². The van der Waals surface area contributed by atoms with Crippen molar-refractivity contribution in [2.75, 3.05) is 0 Å². The van der Waals surface area contributed by atoms with Gasteiger partial charge in [-0.1, -0.05) is 24.3 Å². The fourth-order valence-electron chi connectivity index (χ4n) is 2.26. The molecule has 0 unspecified atom stereocenters. The minimum absolute atomic E-state index is 0.240. The second-order valence-electron chi connectivity index (χ2n) is 4.78. The van der Waals surface area contributed by atoms with Gasteiger partial charge in [0.15, 0.2) is 0 Å². The first-order valence-electron chi connectivity index (χ1n) is 6.16. The second-order valence-corrected chi connectivity index (χ2v) is 5.23. The van der Waals surface area contributed by atoms with E-state index in [9.17, 15) is 10.1 Å². The number of nitrogens with zero attached hydrogens (tertiary/aromatic N) is 1. The molecular formula is C15H12N2OS. The fourth-order valence-corrected chi connectivity index (χ4v) is 2.54. The predicted molar refractivity (Wildman–Crippen MR) is 76.4 cm³/mol. The molecule has 1 aliphatic carbocycles. The van der Waals surface area contributed by atoms with E-state index in [0.717, 1.165) is 5.56 Å². The van der Waals surface area contributed by atoms with Crippen molar-refractivity contribution in [3.05, 3.63) is 51.8 Å². The average molecular weight is 268 g/mol. The van der Waals surface area contributed by atoms with E-state index in [0.29, 0.717) is 22.1 Å². The molecule has 2 aromatic rings. The zero-order valence-corrected chi connectivity index (χ0v) is 11.1. The zero-order chi connectivity index (χ0) is 13.4. The number of rotatable bonds is 2. The van der Waals surface area contributed by atoms with Crippen LogP contribution in [0.15, 0.2) is 40.2 Å². The Morgan fingerprint density at radius 1 is 1.32 bits per heavy atom. The number of aromatic nitrogens is 1. The quantitative estimate of drug-likeness (QED) is 0.822. The number of nitriles is 1. The highest BCUT2D eigenvalue weighted by Crippen LogP contribution is 2.41. The van der Waals surface area contributed by atoms with Crippen molar-refractivity contribution in [3.8, 4) is 17.2 Å². The molecule has 0 atom stereocenters. The highest BCUT2D eigenvalue weighted by molar-refractivity contribution is 7.80. The van der Waals surface area contributed by atoms with Crippen LogP contribution >= 0.6 is 12.6 Å². The van der Waals surface area contributed by atoms with Gasteiger partial charge in [-0.25, -0.2) is 0 Å². The summed E-state index contributed by atoms with van der Waals surface area (Å²) in [6.07, 6.45) is 2.45. The zero-order valence-electron chi connectivity index (χ0n) is 10.2. The van der Waals surface area contributed by atoms with Gasteiger partial charge in [0.05, 0.1) is 10.6 Å². The molecule has 1 aliphatic rings. The number of nitrogens with one attached hydrogen (secondary N) is 1. The molecule has 1 aromatic heterocycles. The third kappa shape index (κ3) is 2.29. The van der Waals surface area contributed by atoms with E-state index >= 15 is 0 Å². The van der Waals surface area contributed by atoms with Crippen molar-refractivity contribution in [2.24, 2.45) is 0 Å². The van der Waals surface area contributed by atoms with Crippen molar-refractivity contribution in [1.82, 2.24) is 4.98 Å². The maximum Gasteiger partial charge on any atom is 0.249 e. The third-order valence-corrected chi connectivity index (χ3v) is 3.72. The van der Waals surface area contributed by atoms with Crippen molar-refractivity contribution in [1.29, 1.82) is 5.26 Å². The van der Waals surface area contributed by atoms with Crippen LogP contribution in [0.3, 0.4) is 0 Å². The van der Waals surface area contributed by atoms with Gasteiger partial charge in [-0.05, 0) is 29.9 Å². The Balaban J connectivity index is 2.18. The molecule has 1 saturated carbocycles. The van der Waals surface area contributed by atoms with Crippen LogP contribution < -0.4 is 5.56 Å². The first-order valence-corrected chi connectivity index (χ1v) is 6.60. The topological polar surface area (TPSA) is 56.6 Å². The molecule has 19 heavy (non-hydrogen) atoms. The summed E-state index contributed by atoms with van der Waals surface area (Å²) < 4.78 is 0. The largest absolute Gasteiger partial charge is 0.316 e. The van der Waals surface area contributed by atoms with Gasteiger partial charge in [-0.2, -0.15) is 5.26 Å². The van der Waals surface area contributed by atoms with Crippen LogP contribution in [0.1, 0.15) is 29.9 Å². The number of pyridine rings is 1. The number of hydrogen-bond acceptors (Lipinski definition) is 3. The fraction of sp³-hybridized carbons (Fsp3) is 0.200. The molecule has 0 spiro atoms. The second kappa shape index (κ2) is 4.60. The number of hydrogen-bond donors (Lipinski definition) is 2. The smallest absolute Gasteiger partial charge is 0.249 e. The Kier molecular flexibility index (Phi) is 2.92. The Morgan fingerprint density at radius 3 is 2.79 bits per heavy atom. The molecule has 1 heterocycles. The molecule has 0 bridgehead atoms. The monoisotopic (exact) mass is 268 g/mol. The molecule has 0 radical (unpaired) electrons. The van der Waals surface area contributed by atoms with E-state index < -0.39 is 0 Å². The van der Waals surface area contributed by atoms with Gasteiger partial charge >= 0.3 is 0 Å². The van der Waals surface area contributed by atoms with Crippen molar-refractivity contribution in [2.45, 2.75) is 23.8 Å². The maximum absolute atomic E-state index is 11.6. The lowest BCUT2D eigenvalue weighted by Gasteiger charge is -2.07. The van der Waals surface area contributed by atoms with Crippen molar-refractivity contribution in [3.63, 3.8) is 0 Å². The molecule has 94 valence electrons. The van der Waals surface area contributed by atoms with Crippen molar-refractivity contribution < 1.29 is 0 Å². The summed E-state index contributed by atoms with van der Waals surface area (Å²) in [4.78, 5) is 14.1. The van der Waals surface area contributed by atoms with E-state index in [1.54, 1.807) is 0 Å². The normalized spacial score (nSPS) is 14.1.